The monoisotopic (exact) mass is 219 g/mol. The van der Waals surface area contributed by atoms with Gasteiger partial charge in [0.15, 0.2) is 0 Å². The third-order valence-corrected chi connectivity index (χ3v) is 3.33. The fourth-order valence-corrected chi connectivity index (χ4v) is 2.43. The van der Waals surface area contributed by atoms with Gasteiger partial charge in [-0.05, 0) is 54.8 Å². The Bertz CT molecular complexity index is 317. The molecule has 0 aliphatic heterocycles. The Labute approximate surface area is 100 Å². The van der Waals surface area contributed by atoms with Crippen molar-refractivity contribution >= 4 is 0 Å². The zero-order valence-corrected chi connectivity index (χ0v) is 10.9. The first kappa shape index (κ1) is 13.2. The highest BCUT2D eigenvalue weighted by molar-refractivity contribution is 5.35. The molecule has 1 aromatic carbocycles. The van der Waals surface area contributed by atoms with Gasteiger partial charge in [0.1, 0.15) is 0 Å². The maximum Gasteiger partial charge on any atom is -0.00746 e. The number of nitrogens with two attached hydrogens (primary N) is 1. The van der Waals surface area contributed by atoms with Gasteiger partial charge in [-0.3, -0.25) is 0 Å². The van der Waals surface area contributed by atoms with Gasteiger partial charge in [-0.2, -0.15) is 0 Å². The summed E-state index contributed by atoms with van der Waals surface area (Å²) in [4.78, 5) is 0. The van der Waals surface area contributed by atoms with E-state index in [1.807, 2.05) is 0 Å². The zero-order valence-electron chi connectivity index (χ0n) is 10.9. The molecule has 0 aliphatic carbocycles. The molecule has 1 heteroatoms. The highest BCUT2D eigenvalue weighted by Crippen LogP contribution is 2.20. The summed E-state index contributed by atoms with van der Waals surface area (Å²) in [5.74, 6) is 0.697. The normalized spacial score (nSPS) is 12.8. The van der Waals surface area contributed by atoms with E-state index in [0.717, 1.165) is 25.8 Å². The van der Waals surface area contributed by atoms with Crippen LogP contribution in [0.15, 0.2) is 18.2 Å². The predicted molar refractivity (Wildman–Crippen MR) is 71.7 cm³/mol. The summed E-state index contributed by atoms with van der Waals surface area (Å²) in [6.07, 6.45) is 4.59. The first-order valence-electron chi connectivity index (χ1n) is 6.52. The lowest BCUT2D eigenvalue weighted by molar-refractivity contribution is 0.536. The van der Waals surface area contributed by atoms with Gasteiger partial charge < -0.3 is 5.73 Å². The Balaban J connectivity index is 2.86. The molecule has 0 saturated heterocycles. The highest BCUT2D eigenvalue weighted by Gasteiger charge is 2.08. The summed E-state index contributed by atoms with van der Waals surface area (Å²) in [5.41, 5.74) is 10.2. The van der Waals surface area contributed by atoms with Gasteiger partial charge in [0.25, 0.3) is 0 Å². The van der Waals surface area contributed by atoms with Crippen LogP contribution in [0.5, 0.6) is 0 Å². The minimum atomic E-state index is 0.697. The van der Waals surface area contributed by atoms with Crippen molar-refractivity contribution in [2.45, 2.75) is 46.5 Å². The Hall–Kier alpha value is -0.820. The molecular weight excluding hydrogens is 194 g/mol. The minimum absolute atomic E-state index is 0.697. The Kier molecular flexibility index (Phi) is 5.54. The van der Waals surface area contributed by atoms with E-state index in [2.05, 4.69) is 39.0 Å². The molecule has 90 valence electrons. The zero-order chi connectivity index (χ0) is 12.0. The lowest BCUT2D eigenvalue weighted by Crippen LogP contribution is -2.10. The van der Waals surface area contributed by atoms with Gasteiger partial charge in [0, 0.05) is 0 Å². The van der Waals surface area contributed by atoms with Crippen LogP contribution in [0.2, 0.25) is 0 Å². The molecule has 1 nitrogen and oxygen atoms in total. The predicted octanol–water partition coefficient (Wildman–Crippen LogP) is 3.34. The van der Waals surface area contributed by atoms with Gasteiger partial charge in [0.2, 0.25) is 0 Å². The molecule has 0 aromatic heterocycles. The molecule has 0 saturated carbocycles. The molecule has 0 bridgehead atoms. The number of rotatable bonds is 6. The molecule has 0 spiro atoms. The van der Waals surface area contributed by atoms with Crippen LogP contribution in [0.25, 0.3) is 0 Å². The van der Waals surface area contributed by atoms with E-state index in [1.54, 1.807) is 5.56 Å². The Morgan fingerprint density at radius 2 is 1.81 bits per heavy atom. The number of aryl methyl sites for hydroxylation is 1. The summed E-state index contributed by atoms with van der Waals surface area (Å²) < 4.78 is 0. The largest absolute Gasteiger partial charge is 0.330 e. The van der Waals surface area contributed by atoms with Crippen LogP contribution in [-0.4, -0.2) is 6.54 Å². The SMILES string of the molecule is CCc1cccc(CC(C)CCN)c1CC. The lowest BCUT2D eigenvalue weighted by atomic mass is 9.90. The number of hydrogen-bond donors (Lipinski definition) is 1. The second-order valence-corrected chi connectivity index (χ2v) is 4.65. The van der Waals surface area contributed by atoms with Crippen molar-refractivity contribution in [3.63, 3.8) is 0 Å². The molecule has 0 radical (unpaired) electrons. The van der Waals surface area contributed by atoms with Gasteiger partial charge in [-0.1, -0.05) is 39.0 Å². The highest BCUT2D eigenvalue weighted by atomic mass is 14.5. The molecule has 1 rings (SSSR count). The van der Waals surface area contributed by atoms with Crippen LogP contribution in [0, 0.1) is 5.92 Å². The van der Waals surface area contributed by atoms with Crippen molar-refractivity contribution in [3.8, 4) is 0 Å². The fraction of sp³-hybridized carbons (Fsp3) is 0.600. The molecule has 0 amide bonds. The average molecular weight is 219 g/mol. The van der Waals surface area contributed by atoms with Crippen molar-refractivity contribution in [2.75, 3.05) is 6.54 Å². The first-order chi connectivity index (χ1) is 7.72. The smallest absolute Gasteiger partial charge is 0.00746 e. The van der Waals surface area contributed by atoms with Gasteiger partial charge in [-0.25, -0.2) is 0 Å². The topological polar surface area (TPSA) is 26.0 Å². The fourth-order valence-electron chi connectivity index (χ4n) is 2.43. The van der Waals surface area contributed by atoms with E-state index in [1.165, 1.54) is 17.5 Å². The Morgan fingerprint density at radius 3 is 2.38 bits per heavy atom. The van der Waals surface area contributed by atoms with E-state index in [0.29, 0.717) is 5.92 Å². The summed E-state index contributed by atoms with van der Waals surface area (Å²) in [6.45, 7) is 7.59. The van der Waals surface area contributed by atoms with Crippen LogP contribution in [0.4, 0.5) is 0 Å². The third kappa shape index (κ3) is 3.34. The molecule has 1 atom stereocenters. The molecule has 16 heavy (non-hydrogen) atoms. The van der Waals surface area contributed by atoms with Crippen LogP contribution < -0.4 is 5.73 Å². The van der Waals surface area contributed by atoms with Crippen LogP contribution in [-0.2, 0) is 19.3 Å². The van der Waals surface area contributed by atoms with Crippen molar-refractivity contribution < 1.29 is 0 Å². The van der Waals surface area contributed by atoms with Crippen LogP contribution >= 0.6 is 0 Å². The van der Waals surface area contributed by atoms with E-state index in [4.69, 9.17) is 5.73 Å². The van der Waals surface area contributed by atoms with Crippen LogP contribution in [0.1, 0.15) is 43.9 Å². The maximum absolute atomic E-state index is 5.61. The molecule has 1 aromatic rings. The quantitative estimate of drug-likeness (QED) is 0.780. The van der Waals surface area contributed by atoms with Gasteiger partial charge >= 0.3 is 0 Å². The van der Waals surface area contributed by atoms with Crippen molar-refractivity contribution in [3.05, 3.63) is 34.9 Å². The third-order valence-electron chi connectivity index (χ3n) is 3.33. The van der Waals surface area contributed by atoms with Gasteiger partial charge in [-0.15, -0.1) is 0 Å². The molecule has 2 N–H and O–H groups in total. The summed E-state index contributed by atoms with van der Waals surface area (Å²) in [7, 11) is 0. The maximum atomic E-state index is 5.61. The van der Waals surface area contributed by atoms with Crippen molar-refractivity contribution in [1.82, 2.24) is 0 Å². The molecule has 1 unspecified atom stereocenters. The summed E-state index contributed by atoms with van der Waals surface area (Å²) >= 11 is 0. The summed E-state index contributed by atoms with van der Waals surface area (Å²) in [5, 5.41) is 0. The van der Waals surface area contributed by atoms with Gasteiger partial charge in [0.05, 0.1) is 0 Å². The van der Waals surface area contributed by atoms with E-state index in [9.17, 15) is 0 Å². The first-order valence-corrected chi connectivity index (χ1v) is 6.52. The van der Waals surface area contributed by atoms with Crippen molar-refractivity contribution in [2.24, 2.45) is 11.7 Å². The molecule has 0 fully saturated rings. The van der Waals surface area contributed by atoms with Crippen LogP contribution in [0.3, 0.4) is 0 Å². The summed E-state index contributed by atoms with van der Waals surface area (Å²) in [6, 6.07) is 6.74. The standard InChI is InChI=1S/C15H25N/c1-4-13-7-6-8-14(15(13)5-2)11-12(3)9-10-16/h6-8,12H,4-5,9-11,16H2,1-3H3. The number of hydrogen-bond acceptors (Lipinski definition) is 1. The second-order valence-electron chi connectivity index (χ2n) is 4.65. The number of benzene rings is 1. The Morgan fingerprint density at radius 1 is 1.12 bits per heavy atom. The lowest BCUT2D eigenvalue weighted by Gasteiger charge is -2.16. The molecule has 0 heterocycles. The molecule has 0 aliphatic rings. The minimum Gasteiger partial charge on any atom is -0.330 e. The second kappa shape index (κ2) is 6.70. The van der Waals surface area contributed by atoms with Crippen molar-refractivity contribution in [1.29, 1.82) is 0 Å². The van der Waals surface area contributed by atoms with E-state index < -0.39 is 0 Å². The van der Waals surface area contributed by atoms with E-state index in [-0.39, 0.29) is 0 Å². The average Bonchev–Trinajstić information content (AvgIpc) is 2.29. The van der Waals surface area contributed by atoms with E-state index >= 15 is 0 Å². The molecular formula is C15H25N.